The molecule has 18 heavy (non-hydrogen) atoms. The van der Waals surface area contributed by atoms with Crippen LogP contribution in [0.25, 0.3) is 0 Å². The quantitative estimate of drug-likeness (QED) is 0.569. The van der Waals surface area contributed by atoms with E-state index in [2.05, 4.69) is 13.2 Å². The number of anilines is 1. The molecule has 1 aromatic rings. The zero-order valence-corrected chi connectivity index (χ0v) is 11.0. The number of benzene rings is 1. The van der Waals surface area contributed by atoms with Crippen molar-refractivity contribution in [1.82, 2.24) is 0 Å². The second-order valence-electron chi connectivity index (χ2n) is 3.91. The molecule has 96 valence electrons. The molecule has 0 N–H and O–H groups in total. The van der Waals surface area contributed by atoms with Crippen LogP contribution in [0.15, 0.2) is 43.5 Å². The summed E-state index contributed by atoms with van der Waals surface area (Å²) in [6.45, 7) is 8.95. The minimum Gasteiger partial charge on any atom is -0.273 e. The highest BCUT2D eigenvalue weighted by Crippen LogP contribution is 2.27. The summed E-state index contributed by atoms with van der Waals surface area (Å²) in [5.41, 5.74) is 2.83. The van der Waals surface area contributed by atoms with E-state index in [0.29, 0.717) is 12.8 Å². The largest absolute Gasteiger partial charge is 0.273 e. The summed E-state index contributed by atoms with van der Waals surface area (Å²) < 4.78 is 0. The van der Waals surface area contributed by atoms with Gasteiger partial charge in [-0.15, -0.1) is 13.2 Å². The second kappa shape index (κ2) is 6.77. The van der Waals surface area contributed by atoms with Crippen LogP contribution in [0.3, 0.4) is 0 Å². The SMILES string of the molecule is C=CCc1cccc(CC=C)c1N(OC)C(C)=O. The van der Waals surface area contributed by atoms with Gasteiger partial charge in [-0.25, -0.2) is 0 Å². The first-order valence-corrected chi connectivity index (χ1v) is 5.83. The molecule has 0 aliphatic heterocycles. The van der Waals surface area contributed by atoms with Gasteiger partial charge in [-0.1, -0.05) is 30.4 Å². The molecule has 0 aliphatic carbocycles. The van der Waals surface area contributed by atoms with Crippen molar-refractivity contribution in [3.63, 3.8) is 0 Å². The van der Waals surface area contributed by atoms with Crippen molar-refractivity contribution in [2.45, 2.75) is 19.8 Å². The number of allylic oxidation sites excluding steroid dienone is 2. The van der Waals surface area contributed by atoms with Crippen LogP contribution < -0.4 is 5.06 Å². The standard InChI is InChI=1S/C15H19NO2/c1-5-8-13-10-7-11-14(9-6-2)15(13)16(18-4)12(3)17/h5-7,10-11H,1-2,8-9H2,3-4H3. The molecule has 0 aromatic heterocycles. The highest BCUT2D eigenvalue weighted by molar-refractivity contribution is 5.91. The molecule has 1 amide bonds. The molecule has 0 heterocycles. The third-order valence-corrected chi connectivity index (χ3v) is 2.60. The Hall–Kier alpha value is -1.87. The molecule has 0 unspecified atom stereocenters. The highest BCUT2D eigenvalue weighted by atomic mass is 16.7. The number of carbonyl (C=O) groups is 1. The number of carbonyl (C=O) groups excluding carboxylic acids is 1. The summed E-state index contributed by atoms with van der Waals surface area (Å²) in [5.74, 6) is -0.153. The van der Waals surface area contributed by atoms with E-state index in [1.807, 2.05) is 30.4 Å². The van der Waals surface area contributed by atoms with Crippen LogP contribution in [0.4, 0.5) is 5.69 Å². The average Bonchev–Trinajstić information content (AvgIpc) is 2.33. The van der Waals surface area contributed by atoms with E-state index in [9.17, 15) is 4.79 Å². The first kappa shape index (κ1) is 14.2. The van der Waals surface area contributed by atoms with Crippen molar-refractivity contribution < 1.29 is 9.63 Å². The lowest BCUT2D eigenvalue weighted by molar-refractivity contribution is -0.122. The summed E-state index contributed by atoms with van der Waals surface area (Å²) in [4.78, 5) is 16.8. The second-order valence-corrected chi connectivity index (χ2v) is 3.91. The first-order chi connectivity index (χ1) is 8.65. The number of nitrogens with zero attached hydrogens (tertiary/aromatic N) is 1. The normalized spacial score (nSPS) is 9.89. The molecule has 3 heteroatoms. The summed E-state index contributed by atoms with van der Waals surface area (Å²) in [5, 5.41) is 1.32. The average molecular weight is 245 g/mol. The molecule has 0 aliphatic rings. The topological polar surface area (TPSA) is 29.5 Å². The number of rotatable bonds is 6. The Kier molecular flexibility index (Phi) is 5.33. The van der Waals surface area contributed by atoms with Gasteiger partial charge in [0.1, 0.15) is 0 Å². The number of hydrogen-bond donors (Lipinski definition) is 0. The minimum absolute atomic E-state index is 0.153. The maximum Gasteiger partial charge on any atom is 0.247 e. The molecular formula is C15H19NO2. The lowest BCUT2D eigenvalue weighted by Crippen LogP contribution is -2.29. The smallest absolute Gasteiger partial charge is 0.247 e. The van der Waals surface area contributed by atoms with Crippen LogP contribution in [-0.2, 0) is 22.5 Å². The monoisotopic (exact) mass is 245 g/mol. The van der Waals surface area contributed by atoms with E-state index in [0.717, 1.165) is 16.8 Å². The fourth-order valence-electron chi connectivity index (χ4n) is 1.92. The first-order valence-electron chi connectivity index (χ1n) is 5.83. The lowest BCUT2D eigenvalue weighted by Gasteiger charge is -2.23. The maximum absolute atomic E-state index is 11.6. The predicted octanol–water partition coefficient (Wildman–Crippen LogP) is 3.06. The van der Waals surface area contributed by atoms with Gasteiger partial charge in [-0.05, 0) is 24.0 Å². The van der Waals surface area contributed by atoms with Gasteiger partial charge in [0.05, 0.1) is 12.8 Å². The molecule has 1 rings (SSSR count). The summed E-state index contributed by atoms with van der Waals surface area (Å²) in [6.07, 6.45) is 5.00. The van der Waals surface area contributed by atoms with Gasteiger partial charge in [-0.2, -0.15) is 5.06 Å². The van der Waals surface area contributed by atoms with Crippen LogP contribution >= 0.6 is 0 Å². The molecule has 0 spiro atoms. The molecule has 0 saturated carbocycles. The number of hydroxylamine groups is 1. The molecule has 0 bridgehead atoms. The van der Waals surface area contributed by atoms with Crippen molar-refractivity contribution in [1.29, 1.82) is 0 Å². The van der Waals surface area contributed by atoms with E-state index in [-0.39, 0.29) is 5.91 Å². The van der Waals surface area contributed by atoms with Gasteiger partial charge in [0.2, 0.25) is 5.91 Å². The van der Waals surface area contributed by atoms with E-state index < -0.39 is 0 Å². The summed E-state index contributed by atoms with van der Waals surface area (Å²) in [7, 11) is 1.49. The fraction of sp³-hybridized carbons (Fsp3) is 0.267. The molecule has 0 atom stereocenters. The molecule has 0 saturated heterocycles. The number of para-hydroxylation sites is 1. The maximum atomic E-state index is 11.6. The van der Waals surface area contributed by atoms with Crippen LogP contribution in [0, 0.1) is 0 Å². The van der Waals surface area contributed by atoms with Crippen molar-refractivity contribution >= 4 is 11.6 Å². The molecule has 1 aromatic carbocycles. The van der Waals surface area contributed by atoms with Crippen LogP contribution in [0.2, 0.25) is 0 Å². The summed E-state index contributed by atoms with van der Waals surface area (Å²) >= 11 is 0. The van der Waals surface area contributed by atoms with Gasteiger partial charge in [-0.3, -0.25) is 9.63 Å². The van der Waals surface area contributed by atoms with Gasteiger partial charge >= 0.3 is 0 Å². The van der Waals surface area contributed by atoms with Crippen molar-refractivity contribution in [3.05, 3.63) is 54.6 Å². The molecule has 0 fully saturated rings. The van der Waals surface area contributed by atoms with Gasteiger partial charge in [0.15, 0.2) is 0 Å². The highest BCUT2D eigenvalue weighted by Gasteiger charge is 2.18. The van der Waals surface area contributed by atoms with Crippen molar-refractivity contribution in [2.24, 2.45) is 0 Å². The zero-order chi connectivity index (χ0) is 13.5. The number of amides is 1. The number of hydrogen-bond acceptors (Lipinski definition) is 2. The van der Waals surface area contributed by atoms with Crippen molar-refractivity contribution in [3.8, 4) is 0 Å². The Balaban J connectivity index is 3.36. The molecule has 3 nitrogen and oxygen atoms in total. The summed E-state index contributed by atoms with van der Waals surface area (Å²) in [6, 6.07) is 5.91. The molecule has 0 radical (unpaired) electrons. The van der Waals surface area contributed by atoms with Gasteiger partial charge in [0.25, 0.3) is 0 Å². The van der Waals surface area contributed by atoms with E-state index >= 15 is 0 Å². The fourth-order valence-corrected chi connectivity index (χ4v) is 1.92. The lowest BCUT2D eigenvalue weighted by atomic mass is 10.0. The van der Waals surface area contributed by atoms with Crippen molar-refractivity contribution in [2.75, 3.05) is 12.2 Å². The third-order valence-electron chi connectivity index (χ3n) is 2.60. The van der Waals surface area contributed by atoms with E-state index in [1.54, 1.807) is 0 Å². The van der Waals surface area contributed by atoms with E-state index in [4.69, 9.17) is 4.84 Å². The minimum atomic E-state index is -0.153. The third kappa shape index (κ3) is 3.08. The Bertz CT molecular complexity index is 424. The Morgan fingerprint density at radius 1 is 1.28 bits per heavy atom. The Labute approximate surface area is 108 Å². The van der Waals surface area contributed by atoms with Crippen LogP contribution in [0.5, 0.6) is 0 Å². The van der Waals surface area contributed by atoms with Gasteiger partial charge in [0, 0.05) is 6.92 Å². The predicted molar refractivity (Wildman–Crippen MR) is 74.4 cm³/mol. The Morgan fingerprint density at radius 2 is 1.78 bits per heavy atom. The van der Waals surface area contributed by atoms with Crippen LogP contribution in [-0.4, -0.2) is 13.0 Å². The zero-order valence-electron chi connectivity index (χ0n) is 11.0. The van der Waals surface area contributed by atoms with E-state index in [1.165, 1.54) is 19.1 Å². The van der Waals surface area contributed by atoms with Gasteiger partial charge < -0.3 is 0 Å². The van der Waals surface area contributed by atoms with Crippen LogP contribution in [0.1, 0.15) is 18.1 Å². The molecular weight excluding hydrogens is 226 g/mol. The Morgan fingerprint density at radius 3 is 2.11 bits per heavy atom.